The summed E-state index contributed by atoms with van der Waals surface area (Å²) in [6, 6.07) is 15.9. The van der Waals surface area contributed by atoms with Crippen LogP contribution in [0.15, 0.2) is 58.7 Å². The molecule has 30 heavy (non-hydrogen) atoms. The molecule has 2 aliphatic heterocycles. The highest BCUT2D eigenvalue weighted by Crippen LogP contribution is 2.36. The SMILES string of the molecule is CC(=O)Nc1ccc(-c2ccc3n(c2=O)C[C@H]2C[C@@H]3CN(Cc3cccs3)C2)cc1. The zero-order valence-corrected chi connectivity index (χ0v) is 17.8. The Bertz CT molecular complexity index is 1120. The van der Waals surface area contributed by atoms with Crippen LogP contribution in [0.3, 0.4) is 0 Å². The van der Waals surface area contributed by atoms with Crippen molar-refractivity contribution in [1.82, 2.24) is 9.47 Å². The summed E-state index contributed by atoms with van der Waals surface area (Å²) in [6.45, 7) is 5.35. The molecule has 5 nitrogen and oxygen atoms in total. The molecule has 2 aromatic heterocycles. The van der Waals surface area contributed by atoms with Crippen LogP contribution in [0.4, 0.5) is 5.69 Å². The van der Waals surface area contributed by atoms with Gasteiger partial charge < -0.3 is 9.88 Å². The second-order valence-electron chi connectivity index (χ2n) is 8.42. The van der Waals surface area contributed by atoms with E-state index in [0.717, 1.165) is 43.0 Å². The van der Waals surface area contributed by atoms with E-state index in [2.05, 4.69) is 33.8 Å². The number of fused-ring (bicyclic) bond motifs is 4. The maximum Gasteiger partial charge on any atom is 0.258 e. The Labute approximate surface area is 180 Å². The second kappa shape index (κ2) is 7.85. The van der Waals surface area contributed by atoms with Gasteiger partial charge in [0.05, 0.1) is 0 Å². The molecule has 2 aliphatic rings. The number of likely N-dealkylation sites (tertiary alicyclic amines) is 1. The Kier molecular flexibility index (Phi) is 5.05. The molecule has 0 saturated carbocycles. The van der Waals surface area contributed by atoms with Crippen LogP contribution in [-0.4, -0.2) is 28.5 Å². The van der Waals surface area contributed by atoms with Gasteiger partial charge in [-0.25, -0.2) is 0 Å². The van der Waals surface area contributed by atoms with Gasteiger partial charge >= 0.3 is 0 Å². The smallest absolute Gasteiger partial charge is 0.258 e. The lowest BCUT2D eigenvalue weighted by atomic mass is 9.82. The number of nitrogens with one attached hydrogen (secondary N) is 1. The number of thiophene rings is 1. The zero-order chi connectivity index (χ0) is 20.7. The fraction of sp³-hybridized carbons (Fsp3) is 0.333. The monoisotopic (exact) mass is 419 g/mol. The van der Waals surface area contributed by atoms with Gasteiger partial charge in [-0.1, -0.05) is 18.2 Å². The minimum absolute atomic E-state index is 0.0983. The molecule has 5 rings (SSSR count). The molecule has 0 aliphatic carbocycles. The maximum absolute atomic E-state index is 13.3. The van der Waals surface area contributed by atoms with Gasteiger partial charge in [-0.3, -0.25) is 14.5 Å². The van der Waals surface area contributed by atoms with E-state index in [0.29, 0.717) is 11.8 Å². The van der Waals surface area contributed by atoms with Crippen molar-refractivity contribution in [2.24, 2.45) is 5.92 Å². The Morgan fingerprint density at radius 3 is 2.67 bits per heavy atom. The zero-order valence-electron chi connectivity index (χ0n) is 17.0. The number of carbonyl (C=O) groups excluding carboxylic acids is 1. The number of hydrogen-bond donors (Lipinski definition) is 1. The molecule has 1 amide bonds. The van der Waals surface area contributed by atoms with Crippen molar-refractivity contribution < 1.29 is 4.79 Å². The first-order chi connectivity index (χ1) is 14.6. The third-order valence-corrected chi connectivity index (χ3v) is 7.02. The molecule has 0 spiro atoms. The van der Waals surface area contributed by atoms with Gasteiger partial charge in [0.2, 0.25) is 5.91 Å². The molecule has 1 fully saturated rings. The van der Waals surface area contributed by atoms with E-state index < -0.39 is 0 Å². The quantitative estimate of drug-likeness (QED) is 0.691. The van der Waals surface area contributed by atoms with Crippen molar-refractivity contribution in [3.63, 3.8) is 0 Å². The summed E-state index contributed by atoms with van der Waals surface area (Å²) in [5.74, 6) is 0.837. The molecule has 0 radical (unpaired) electrons. The summed E-state index contributed by atoms with van der Waals surface area (Å²) in [7, 11) is 0. The normalized spacial score (nSPS) is 20.6. The van der Waals surface area contributed by atoms with Crippen molar-refractivity contribution in [1.29, 1.82) is 0 Å². The molecule has 154 valence electrons. The first-order valence-electron chi connectivity index (χ1n) is 10.4. The van der Waals surface area contributed by atoms with Crippen LogP contribution >= 0.6 is 11.3 Å². The summed E-state index contributed by atoms with van der Waals surface area (Å²) >= 11 is 1.82. The number of pyridine rings is 1. The molecule has 3 aromatic rings. The van der Waals surface area contributed by atoms with Gasteiger partial charge in [-0.15, -0.1) is 11.3 Å². The van der Waals surface area contributed by atoms with Gasteiger partial charge in [0.25, 0.3) is 5.56 Å². The second-order valence-corrected chi connectivity index (χ2v) is 9.45. The average molecular weight is 420 g/mol. The minimum Gasteiger partial charge on any atom is -0.326 e. The molecular formula is C24H25N3O2S. The Hall–Kier alpha value is -2.70. The predicted octanol–water partition coefficient (Wildman–Crippen LogP) is 4.15. The lowest BCUT2D eigenvalue weighted by Gasteiger charge is -2.42. The highest BCUT2D eigenvalue weighted by molar-refractivity contribution is 7.09. The van der Waals surface area contributed by atoms with Crippen LogP contribution in [0.5, 0.6) is 0 Å². The fourth-order valence-electron chi connectivity index (χ4n) is 4.95. The molecular weight excluding hydrogens is 394 g/mol. The van der Waals surface area contributed by atoms with Crippen molar-refractivity contribution in [3.8, 4) is 11.1 Å². The van der Waals surface area contributed by atoms with Crippen LogP contribution in [0.25, 0.3) is 11.1 Å². The molecule has 1 N–H and O–H groups in total. The summed E-state index contributed by atoms with van der Waals surface area (Å²) in [6.07, 6.45) is 1.17. The lowest BCUT2D eigenvalue weighted by Crippen LogP contribution is -2.46. The first-order valence-corrected chi connectivity index (χ1v) is 11.3. The van der Waals surface area contributed by atoms with Gasteiger partial charge in [-0.05, 0) is 53.6 Å². The Balaban J connectivity index is 1.40. The number of benzene rings is 1. The summed E-state index contributed by atoms with van der Waals surface area (Å²) in [5, 5.41) is 4.91. The van der Waals surface area contributed by atoms with Crippen molar-refractivity contribution in [3.05, 3.63) is 74.8 Å². The summed E-state index contributed by atoms with van der Waals surface area (Å²) in [5.41, 5.74) is 3.62. The minimum atomic E-state index is -0.101. The number of aromatic nitrogens is 1. The third kappa shape index (κ3) is 3.73. The number of carbonyl (C=O) groups is 1. The molecule has 0 unspecified atom stereocenters. The van der Waals surface area contributed by atoms with E-state index in [-0.39, 0.29) is 11.5 Å². The van der Waals surface area contributed by atoms with E-state index in [4.69, 9.17) is 0 Å². The first kappa shape index (κ1) is 19.3. The number of hydrogen-bond acceptors (Lipinski definition) is 4. The average Bonchev–Trinajstić information content (AvgIpc) is 3.22. The highest BCUT2D eigenvalue weighted by Gasteiger charge is 2.35. The van der Waals surface area contributed by atoms with E-state index in [1.165, 1.54) is 23.9 Å². The number of anilines is 1. The summed E-state index contributed by atoms with van der Waals surface area (Å²) < 4.78 is 2.01. The highest BCUT2D eigenvalue weighted by atomic mass is 32.1. The topological polar surface area (TPSA) is 54.3 Å². The van der Waals surface area contributed by atoms with Crippen molar-refractivity contribution >= 4 is 22.9 Å². The van der Waals surface area contributed by atoms with Crippen LogP contribution in [-0.2, 0) is 17.9 Å². The lowest BCUT2D eigenvalue weighted by molar-refractivity contribution is -0.114. The van der Waals surface area contributed by atoms with Crippen LogP contribution in [0.2, 0.25) is 0 Å². The molecule has 6 heteroatoms. The van der Waals surface area contributed by atoms with Crippen LogP contribution < -0.4 is 10.9 Å². The van der Waals surface area contributed by atoms with Gasteiger partial charge in [0.1, 0.15) is 0 Å². The number of nitrogens with zero attached hydrogens (tertiary/aromatic N) is 2. The molecule has 2 bridgehead atoms. The molecule has 1 aromatic carbocycles. The van der Waals surface area contributed by atoms with Gasteiger partial charge in [0.15, 0.2) is 0 Å². The molecule has 1 saturated heterocycles. The molecule has 2 atom stereocenters. The largest absolute Gasteiger partial charge is 0.326 e. The van der Waals surface area contributed by atoms with Crippen LogP contribution in [0, 0.1) is 5.92 Å². The standard InChI is InChI=1S/C24H25N3O2S/c1-16(28)25-20-6-4-18(5-7-20)22-8-9-23-19-11-17(13-27(23)24(22)29)12-26(14-19)15-21-3-2-10-30-21/h2-10,17,19H,11-15H2,1H3,(H,25,28)/t17-,19+/m0/s1. The Morgan fingerprint density at radius 1 is 1.10 bits per heavy atom. The number of piperidine rings is 1. The van der Waals surface area contributed by atoms with Crippen LogP contribution in [0.1, 0.15) is 29.8 Å². The van der Waals surface area contributed by atoms with Gasteiger partial charge in [-0.2, -0.15) is 0 Å². The fourth-order valence-corrected chi connectivity index (χ4v) is 5.70. The van der Waals surface area contributed by atoms with Crippen molar-refractivity contribution in [2.45, 2.75) is 32.4 Å². The van der Waals surface area contributed by atoms with E-state index >= 15 is 0 Å². The van der Waals surface area contributed by atoms with E-state index in [1.807, 2.05) is 46.2 Å². The van der Waals surface area contributed by atoms with Crippen molar-refractivity contribution in [2.75, 3.05) is 18.4 Å². The van der Waals surface area contributed by atoms with E-state index in [1.54, 1.807) is 0 Å². The number of amides is 1. The third-order valence-electron chi connectivity index (χ3n) is 6.16. The Morgan fingerprint density at radius 2 is 1.93 bits per heavy atom. The summed E-state index contributed by atoms with van der Waals surface area (Å²) in [4.78, 5) is 28.5. The van der Waals surface area contributed by atoms with Gasteiger partial charge in [0, 0.05) is 60.8 Å². The number of rotatable bonds is 4. The van der Waals surface area contributed by atoms with E-state index in [9.17, 15) is 9.59 Å². The maximum atomic E-state index is 13.3. The predicted molar refractivity (Wildman–Crippen MR) is 121 cm³/mol. The molecule has 4 heterocycles.